The molecule has 0 unspecified atom stereocenters. The Bertz CT molecular complexity index is 702. The van der Waals surface area contributed by atoms with E-state index < -0.39 is 0 Å². The highest BCUT2D eigenvalue weighted by atomic mass is 16.5. The first-order valence-electron chi connectivity index (χ1n) is 9.40. The summed E-state index contributed by atoms with van der Waals surface area (Å²) in [5, 5.41) is 1.27. The monoisotopic (exact) mass is 341 g/mol. The minimum atomic E-state index is -0.0507. The Kier molecular flexibility index (Phi) is 4.77. The quantitative estimate of drug-likeness (QED) is 0.933. The number of ether oxygens (including phenoxy) is 1. The second-order valence-corrected chi connectivity index (χ2v) is 7.26. The number of aromatic nitrogens is 1. The average Bonchev–Trinajstić information content (AvgIpc) is 3.12. The van der Waals surface area contributed by atoms with E-state index in [1.807, 2.05) is 4.90 Å². The van der Waals surface area contributed by atoms with Crippen molar-refractivity contribution in [2.75, 3.05) is 39.4 Å². The van der Waals surface area contributed by atoms with Gasteiger partial charge in [0.15, 0.2) is 0 Å². The first-order chi connectivity index (χ1) is 12.2. The van der Waals surface area contributed by atoms with Gasteiger partial charge in [0.25, 0.3) is 0 Å². The van der Waals surface area contributed by atoms with Crippen LogP contribution in [0.3, 0.4) is 0 Å². The van der Waals surface area contributed by atoms with Crippen LogP contribution in [0.4, 0.5) is 0 Å². The van der Waals surface area contributed by atoms with Crippen molar-refractivity contribution in [2.24, 2.45) is 0 Å². The zero-order valence-electron chi connectivity index (χ0n) is 14.9. The Labute approximate surface area is 148 Å². The summed E-state index contributed by atoms with van der Waals surface area (Å²) in [6.45, 7) is 6.79. The van der Waals surface area contributed by atoms with Crippen molar-refractivity contribution in [1.82, 2.24) is 14.8 Å². The molecule has 3 heterocycles. The van der Waals surface area contributed by atoms with Crippen LogP contribution < -0.4 is 0 Å². The molecule has 0 spiro atoms. The lowest BCUT2D eigenvalue weighted by molar-refractivity contribution is -0.141. The molecule has 134 valence electrons. The zero-order chi connectivity index (χ0) is 17.2. The van der Waals surface area contributed by atoms with E-state index >= 15 is 0 Å². The van der Waals surface area contributed by atoms with Gasteiger partial charge in [-0.05, 0) is 43.8 Å². The molecule has 1 N–H and O–H groups in total. The van der Waals surface area contributed by atoms with Crippen LogP contribution in [0.1, 0.15) is 31.4 Å². The topological polar surface area (TPSA) is 48.6 Å². The van der Waals surface area contributed by atoms with Crippen LogP contribution in [0.25, 0.3) is 10.9 Å². The fourth-order valence-electron chi connectivity index (χ4n) is 4.13. The van der Waals surface area contributed by atoms with Gasteiger partial charge < -0.3 is 14.6 Å². The number of likely N-dealkylation sites (tertiary alicyclic amines) is 1. The maximum Gasteiger partial charge on any atom is 0.239 e. The summed E-state index contributed by atoms with van der Waals surface area (Å²) in [5.41, 5.74) is 2.50. The van der Waals surface area contributed by atoms with Gasteiger partial charge in [-0.25, -0.2) is 0 Å². The molecule has 25 heavy (non-hydrogen) atoms. The van der Waals surface area contributed by atoms with E-state index in [1.54, 1.807) is 0 Å². The number of amides is 1. The van der Waals surface area contributed by atoms with Gasteiger partial charge in [-0.15, -0.1) is 0 Å². The highest BCUT2D eigenvalue weighted by molar-refractivity contribution is 5.82. The van der Waals surface area contributed by atoms with Gasteiger partial charge in [0.2, 0.25) is 5.91 Å². The number of hydrogen-bond acceptors (Lipinski definition) is 3. The van der Waals surface area contributed by atoms with E-state index in [1.165, 1.54) is 23.0 Å². The van der Waals surface area contributed by atoms with E-state index in [0.29, 0.717) is 19.1 Å². The summed E-state index contributed by atoms with van der Waals surface area (Å²) in [6.07, 6.45) is 2.32. The Balaban J connectivity index is 1.45. The van der Waals surface area contributed by atoms with Crippen LogP contribution in [-0.2, 0) is 9.53 Å². The van der Waals surface area contributed by atoms with E-state index in [2.05, 4.69) is 47.1 Å². The van der Waals surface area contributed by atoms with Gasteiger partial charge in [-0.3, -0.25) is 9.69 Å². The van der Waals surface area contributed by atoms with Crippen LogP contribution in [0.15, 0.2) is 30.3 Å². The minimum absolute atomic E-state index is 0.0507. The highest BCUT2D eigenvalue weighted by Gasteiger charge is 2.31. The molecule has 2 aromatic rings. The molecule has 1 aromatic carbocycles. The highest BCUT2D eigenvalue weighted by Crippen LogP contribution is 2.30. The molecule has 1 aromatic heterocycles. The Morgan fingerprint density at radius 1 is 1.24 bits per heavy atom. The van der Waals surface area contributed by atoms with Gasteiger partial charge in [-0.1, -0.05) is 18.2 Å². The molecular weight excluding hydrogens is 314 g/mol. The number of rotatable bonds is 3. The van der Waals surface area contributed by atoms with Crippen LogP contribution in [0, 0.1) is 0 Å². The van der Waals surface area contributed by atoms with Crippen molar-refractivity contribution in [1.29, 1.82) is 0 Å². The summed E-state index contributed by atoms with van der Waals surface area (Å²) in [7, 11) is 0. The molecule has 1 amide bonds. The number of carbonyl (C=O) groups excluding carboxylic acids is 1. The molecule has 5 nitrogen and oxygen atoms in total. The summed E-state index contributed by atoms with van der Waals surface area (Å²) in [4.78, 5) is 20.7. The van der Waals surface area contributed by atoms with Crippen LogP contribution in [0.5, 0.6) is 0 Å². The summed E-state index contributed by atoms with van der Waals surface area (Å²) < 4.78 is 5.37. The molecule has 2 fully saturated rings. The molecule has 0 radical (unpaired) electrons. The Morgan fingerprint density at radius 3 is 2.84 bits per heavy atom. The summed E-state index contributed by atoms with van der Waals surface area (Å²) in [5.74, 6) is 0.724. The van der Waals surface area contributed by atoms with Crippen molar-refractivity contribution in [3.63, 3.8) is 0 Å². The van der Waals surface area contributed by atoms with Crippen molar-refractivity contribution in [3.05, 3.63) is 36.0 Å². The minimum Gasteiger partial charge on any atom is -0.378 e. The SMILES string of the molecule is C[C@H](C(=O)N1CCOCC1)N1CCC[C@@H](c2cc3ccccc3[nH]2)C1. The number of carbonyl (C=O) groups is 1. The zero-order valence-corrected chi connectivity index (χ0v) is 14.9. The third kappa shape index (κ3) is 3.44. The van der Waals surface area contributed by atoms with Crippen molar-refractivity contribution < 1.29 is 9.53 Å². The summed E-state index contributed by atoms with van der Waals surface area (Å²) in [6, 6.07) is 10.7. The second-order valence-electron chi connectivity index (χ2n) is 7.26. The fourth-order valence-corrected chi connectivity index (χ4v) is 4.13. The first-order valence-corrected chi connectivity index (χ1v) is 9.40. The number of morpholine rings is 1. The van der Waals surface area contributed by atoms with Gasteiger partial charge in [-0.2, -0.15) is 0 Å². The van der Waals surface area contributed by atoms with E-state index in [0.717, 1.165) is 32.6 Å². The molecule has 0 saturated carbocycles. The maximum atomic E-state index is 12.8. The lowest BCUT2D eigenvalue weighted by Gasteiger charge is -2.38. The molecule has 2 aliphatic rings. The standard InChI is InChI=1S/C20H27N3O2/c1-15(20(24)22-9-11-25-12-10-22)23-8-4-6-17(14-23)19-13-16-5-2-3-7-18(16)21-19/h2-3,5,7,13,15,17,21H,4,6,8-12,14H2,1H3/t15-,17-/m1/s1. The van der Waals surface area contributed by atoms with Crippen LogP contribution in [-0.4, -0.2) is 66.1 Å². The number of piperidine rings is 1. The smallest absolute Gasteiger partial charge is 0.239 e. The van der Waals surface area contributed by atoms with Crippen molar-refractivity contribution in [3.8, 4) is 0 Å². The van der Waals surface area contributed by atoms with Crippen LogP contribution >= 0.6 is 0 Å². The van der Waals surface area contributed by atoms with Crippen LogP contribution in [0.2, 0.25) is 0 Å². The second kappa shape index (κ2) is 7.18. The molecular formula is C20H27N3O2. The molecule has 5 heteroatoms. The average molecular weight is 341 g/mol. The lowest BCUT2D eigenvalue weighted by Crippen LogP contribution is -2.52. The Hall–Kier alpha value is -1.85. The number of H-pyrrole nitrogens is 1. The number of fused-ring (bicyclic) bond motifs is 1. The fraction of sp³-hybridized carbons (Fsp3) is 0.550. The molecule has 0 aliphatic carbocycles. The van der Waals surface area contributed by atoms with Crippen molar-refractivity contribution in [2.45, 2.75) is 31.7 Å². The number of nitrogens with zero attached hydrogens (tertiary/aromatic N) is 2. The van der Waals surface area contributed by atoms with Gasteiger partial charge in [0, 0.05) is 36.8 Å². The third-order valence-corrected chi connectivity index (χ3v) is 5.67. The van der Waals surface area contributed by atoms with E-state index in [9.17, 15) is 4.79 Å². The van der Waals surface area contributed by atoms with Gasteiger partial charge in [0.1, 0.15) is 0 Å². The molecule has 2 aliphatic heterocycles. The predicted molar refractivity (Wildman–Crippen MR) is 98.7 cm³/mol. The largest absolute Gasteiger partial charge is 0.378 e. The molecule has 4 rings (SSSR count). The molecule has 0 bridgehead atoms. The van der Waals surface area contributed by atoms with Crippen molar-refractivity contribution >= 4 is 16.8 Å². The van der Waals surface area contributed by atoms with E-state index in [-0.39, 0.29) is 11.9 Å². The predicted octanol–water partition coefficient (Wildman–Crippen LogP) is 2.59. The van der Waals surface area contributed by atoms with Gasteiger partial charge >= 0.3 is 0 Å². The molecule has 2 atom stereocenters. The number of benzene rings is 1. The lowest BCUT2D eigenvalue weighted by atomic mass is 9.93. The van der Waals surface area contributed by atoms with Gasteiger partial charge in [0.05, 0.1) is 19.3 Å². The number of para-hydroxylation sites is 1. The maximum absolute atomic E-state index is 12.8. The number of nitrogens with one attached hydrogen (secondary N) is 1. The number of hydrogen-bond donors (Lipinski definition) is 1. The first kappa shape index (κ1) is 16.6. The number of aromatic amines is 1. The molecule has 2 saturated heterocycles. The summed E-state index contributed by atoms with van der Waals surface area (Å²) >= 11 is 0. The normalized spacial score (nSPS) is 23.7. The third-order valence-electron chi connectivity index (χ3n) is 5.67. The Morgan fingerprint density at radius 2 is 2.04 bits per heavy atom. The van der Waals surface area contributed by atoms with E-state index in [4.69, 9.17) is 4.74 Å².